The fourth-order valence-electron chi connectivity index (χ4n) is 2.63. The summed E-state index contributed by atoms with van der Waals surface area (Å²) in [6.45, 7) is 5.18. The largest absolute Gasteiger partial charge is 0.380 e. The van der Waals surface area contributed by atoms with E-state index in [2.05, 4.69) is 0 Å². The smallest absolute Gasteiger partial charge is 0.254 e. The van der Waals surface area contributed by atoms with Crippen LogP contribution in [-0.4, -0.2) is 37.1 Å². The Labute approximate surface area is 119 Å². The number of benzene rings is 1. The van der Waals surface area contributed by atoms with E-state index in [1.54, 1.807) is 24.1 Å². The third kappa shape index (κ3) is 3.18. The lowest BCUT2D eigenvalue weighted by atomic mass is 10.00. The third-order valence-electron chi connectivity index (χ3n) is 3.87. The zero-order valence-electron chi connectivity index (χ0n) is 12.4. The number of likely N-dealkylation sites (tertiary alicyclic amines) is 1. The Morgan fingerprint density at radius 2 is 2.20 bits per heavy atom. The maximum Gasteiger partial charge on any atom is 0.254 e. The van der Waals surface area contributed by atoms with E-state index in [4.69, 9.17) is 4.74 Å². The van der Waals surface area contributed by atoms with Crippen molar-refractivity contribution in [2.24, 2.45) is 0 Å². The highest BCUT2D eigenvalue weighted by Gasteiger charge is 2.24. The second-order valence-corrected chi connectivity index (χ2v) is 5.64. The number of carbonyl (C=O) groups excluding carboxylic acids is 1. The Hall–Kier alpha value is -1.42. The van der Waals surface area contributed by atoms with Gasteiger partial charge in [-0.15, -0.1) is 0 Å². The molecule has 1 saturated heterocycles. The molecule has 1 heterocycles. The number of carbonyl (C=O) groups is 1. The quantitative estimate of drug-likeness (QED) is 0.850. The van der Waals surface area contributed by atoms with Crippen LogP contribution in [0, 0.1) is 5.82 Å². The van der Waals surface area contributed by atoms with Crippen molar-refractivity contribution in [2.75, 3.05) is 20.2 Å². The molecule has 1 fully saturated rings. The van der Waals surface area contributed by atoms with Crippen LogP contribution in [0.4, 0.5) is 4.39 Å². The van der Waals surface area contributed by atoms with Crippen molar-refractivity contribution < 1.29 is 13.9 Å². The van der Waals surface area contributed by atoms with Crippen molar-refractivity contribution in [1.29, 1.82) is 0 Å². The fraction of sp³-hybridized carbons (Fsp3) is 0.562. The maximum absolute atomic E-state index is 14.0. The van der Waals surface area contributed by atoms with Gasteiger partial charge in [0.25, 0.3) is 5.91 Å². The summed E-state index contributed by atoms with van der Waals surface area (Å²) in [5.41, 5.74) is 1.07. The minimum absolute atomic E-state index is 0.0903. The summed E-state index contributed by atoms with van der Waals surface area (Å²) in [6, 6.07) is 4.79. The molecular weight excluding hydrogens is 257 g/mol. The Morgan fingerprint density at radius 1 is 1.45 bits per heavy atom. The standard InChI is InChI=1S/C16H22FNO2/c1-11(2)14-7-6-12(9-15(14)17)16(19)18-8-4-5-13(10-18)20-3/h6-7,9,11,13H,4-5,8,10H2,1-3H3. The van der Waals surface area contributed by atoms with Crippen LogP contribution in [0.1, 0.15) is 48.5 Å². The van der Waals surface area contributed by atoms with E-state index in [-0.39, 0.29) is 23.7 Å². The summed E-state index contributed by atoms with van der Waals surface area (Å²) in [6.07, 6.45) is 1.99. The first-order valence-electron chi connectivity index (χ1n) is 7.14. The van der Waals surface area contributed by atoms with Gasteiger partial charge in [-0.1, -0.05) is 19.9 Å². The predicted octanol–water partition coefficient (Wildman–Crippen LogP) is 3.20. The topological polar surface area (TPSA) is 29.5 Å². The molecule has 0 N–H and O–H groups in total. The lowest BCUT2D eigenvalue weighted by Crippen LogP contribution is -2.42. The number of hydrogen-bond acceptors (Lipinski definition) is 2. The molecule has 1 unspecified atom stereocenters. The molecular formula is C16H22FNO2. The van der Waals surface area contributed by atoms with Gasteiger partial charge in [-0.2, -0.15) is 0 Å². The van der Waals surface area contributed by atoms with Crippen LogP contribution in [0.15, 0.2) is 18.2 Å². The number of halogens is 1. The Morgan fingerprint density at radius 3 is 2.80 bits per heavy atom. The Kier molecular flexibility index (Phi) is 4.76. The minimum atomic E-state index is -0.300. The van der Waals surface area contributed by atoms with Crippen LogP contribution in [0.3, 0.4) is 0 Å². The van der Waals surface area contributed by atoms with Crippen molar-refractivity contribution in [3.63, 3.8) is 0 Å². The number of hydrogen-bond donors (Lipinski definition) is 0. The highest BCUT2D eigenvalue weighted by atomic mass is 19.1. The van der Waals surface area contributed by atoms with E-state index in [9.17, 15) is 9.18 Å². The average molecular weight is 279 g/mol. The second kappa shape index (κ2) is 6.35. The lowest BCUT2D eigenvalue weighted by Gasteiger charge is -2.32. The van der Waals surface area contributed by atoms with E-state index in [1.807, 2.05) is 13.8 Å². The van der Waals surface area contributed by atoms with Gasteiger partial charge in [0, 0.05) is 25.8 Å². The summed E-state index contributed by atoms with van der Waals surface area (Å²) in [7, 11) is 1.66. The molecule has 1 aromatic carbocycles. The van der Waals surface area contributed by atoms with Crippen LogP contribution >= 0.6 is 0 Å². The van der Waals surface area contributed by atoms with Crippen LogP contribution in [0.25, 0.3) is 0 Å². The number of nitrogens with zero attached hydrogens (tertiary/aromatic N) is 1. The SMILES string of the molecule is COC1CCCN(C(=O)c2ccc(C(C)C)c(F)c2)C1. The number of amides is 1. The van der Waals surface area contributed by atoms with Gasteiger partial charge in [0.15, 0.2) is 0 Å². The first kappa shape index (κ1) is 15.0. The zero-order valence-corrected chi connectivity index (χ0v) is 12.4. The molecule has 2 rings (SSSR count). The van der Waals surface area contributed by atoms with Crippen molar-refractivity contribution >= 4 is 5.91 Å². The monoisotopic (exact) mass is 279 g/mol. The Bertz CT molecular complexity index is 487. The number of methoxy groups -OCH3 is 1. The summed E-state index contributed by atoms with van der Waals surface area (Å²) < 4.78 is 19.3. The van der Waals surface area contributed by atoms with Gasteiger partial charge in [0.1, 0.15) is 5.82 Å². The molecule has 1 atom stereocenters. The molecule has 0 aliphatic carbocycles. The molecule has 0 bridgehead atoms. The molecule has 0 spiro atoms. The van der Waals surface area contributed by atoms with Gasteiger partial charge < -0.3 is 9.64 Å². The first-order chi connectivity index (χ1) is 9.52. The van der Waals surface area contributed by atoms with Gasteiger partial charge in [0.2, 0.25) is 0 Å². The van der Waals surface area contributed by atoms with E-state index >= 15 is 0 Å². The molecule has 3 nitrogen and oxygen atoms in total. The zero-order chi connectivity index (χ0) is 14.7. The van der Waals surface area contributed by atoms with E-state index < -0.39 is 0 Å². The van der Waals surface area contributed by atoms with Gasteiger partial charge >= 0.3 is 0 Å². The van der Waals surface area contributed by atoms with Crippen LogP contribution < -0.4 is 0 Å². The third-order valence-corrected chi connectivity index (χ3v) is 3.87. The molecule has 20 heavy (non-hydrogen) atoms. The highest BCUT2D eigenvalue weighted by Crippen LogP contribution is 2.21. The second-order valence-electron chi connectivity index (χ2n) is 5.64. The van der Waals surface area contributed by atoms with E-state index in [0.717, 1.165) is 12.8 Å². The summed E-state index contributed by atoms with van der Waals surface area (Å²) >= 11 is 0. The van der Waals surface area contributed by atoms with Gasteiger partial charge in [-0.25, -0.2) is 4.39 Å². The fourth-order valence-corrected chi connectivity index (χ4v) is 2.63. The number of rotatable bonds is 3. The number of ether oxygens (including phenoxy) is 1. The Balaban J connectivity index is 2.15. The van der Waals surface area contributed by atoms with Gasteiger partial charge in [-0.3, -0.25) is 4.79 Å². The van der Waals surface area contributed by atoms with Crippen LogP contribution in [-0.2, 0) is 4.74 Å². The average Bonchev–Trinajstić information content (AvgIpc) is 2.46. The van der Waals surface area contributed by atoms with Crippen LogP contribution in [0.2, 0.25) is 0 Å². The van der Waals surface area contributed by atoms with Crippen molar-refractivity contribution in [3.05, 3.63) is 35.1 Å². The van der Waals surface area contributed by atoms with Crippen molar-refractivity contribution in [2.45, 2.75) is 38.7 Å². The number of piperidine rings is 1. The van der Waals surface area contributed by atoms with Crippen molar-refractivity contribution in [1.82, 2.24) is 4.90 Å². The van der Waals surface area contributed by atoms with Gasteiger partial charge in [0.05, 0.1) is 6.10 Å². The normalized spacial score (nSPS) is 19.4. The van der Waals surface area contributed by atoms with E-state index in [1.165, 1.54) is 6.07 Å². The van der Waals surface area contributed by atoms with Crippen molar-refractivity contribution in [3.8, 4) is 0 Å². The molecule has 0 aromatic heterocycles. The molecule has 0 radical (unpaired) electrons. The maximum atomic E-state index is 14.0. The first-order valence-corrected chi connectivity index (χ1v) is 7.14. The summed E-state index contributed by atoms with van der Waals surface area (Å²) in [5, 5.41) is 0. The minimum Gasteiger partial charge on any atom is -0.380 e. The van der Waals surface area contributed by atoms with Crippen LogP contribution in [0.5, 0.6) is 0 Å². The molecule has 1 aliphatic rings. The predicted molar refractivity (Wildman–Crippen MR) is 76.4 cm³/mol. The summed E-state index contributed by atoms with van der Waals surface area (Å²) in [4.78, 5) is 14.1. The molecule has 110 valence electrons. The lowest BCUT2D eigenvalue weighted by molar-refractivity contribution is 0.0268. The molecule has 4 heteroatoms. The highest BCUT2D eigenvalue weighted by molar-refractivity contribution is 5.94. The molecule has 1 aromatic rings. The molecule has 0 saturated carbocycles. The summed E-state index contributed by atoms with van der Waals surface area (Å²) in [5.74, 6) is -0.292. The molecule has 1 amide bonds. The van der Waals surface area contributed by atoms with E-state index in [0.29, 0.717) is 24.2 Å². The van der Waals surface area contributed by atoms with Gasteiger partial charge in [-0.05, 0) is 36.5 Å². The molecule has 1 aliphatic heterocycles.